The summed E-state index contributed by atoms with van der Waals surface area (Å²) in [4.78, 5) is 56.7. The Kier molecular flexibility index (Phi) is 7.56. The lowest BCUT2D eigenvalue weighted by atomic mass is 10.0. The lowest BCUT2D eigenvalue weighted by Gasteiger charge is -2.28. The van der Waals surface area contributed by atoms with E-state index in [4.69, 9.17) is 15.3 Å². The SMILES string of the molecule is CC1(C)C(=O)N(c2ccc(C#N)c(C(F)(F)F)c2)C(=O)N1C[C@@H]1O[C@@H]1CN1C(=O)N(c2ccc(C#N)c(C(F)(F)F)c2)C(=O)C1(C)C. The molecule has 3 saturated heterocycles. The topological polar surface area (TPSA) is 141 Å². The van der Waals surface area contributed by atoms with E-state index in [-0.39, 0.29) is 13.1 Å². The van der Waals surface area contributed by atoms with E-state index in [2.05, 4.69) is 0 Å². The van der Waals surface area contributed by atoms with Gasteiger partial charge in [0.25, 0.3) is 11.8 Å². The van der Waals surface area contributed by atoms with Gasteiger partial charge >= 0.3 is 24.4 Å². The van der Waals surface area contributed by atoms with Gasteiger partial charge in [-0.15, -0.1) is 0 Å². The molecule has 0 unspecified atom stereocenters. The maximum Gasteiger partial charge on any atom is 0.417 e. The van der Waals surface area contributed by atoms with E-state index >= 15 is 0 Å². The monoisotopic (exact) mass is 662 g/mol. The van der Waals surface area contributed by atoms with Gasteiger partial charge in [0.2, 0.25) is 0 Å². The number of nitriles is 2. The molecule has 2 aromatic rings. The number of imide groups is 2. The molecule has 0 aliphatic carbocycles. The molecule has 17 heteroatoms. The van der Waals surface area contributed by atoms with Crippen LogP contribution in [0.15, 0.2) is 36.4 Å². The summed E-state index contributed by atoms with van der Waals surface area (Å²) in [6.07, 6.45) is -11.4. The van der Waals surface area contributed by atoms with Gasteiger partial charge in [-0.3, -0.25) is 9.59 Å². The number of epoxide rings is 1. The average molecular weight is 663 g/mol. The Morgan fingerprint density at radius 2 is 1.02 bits per heavy atom. The Balaban J connectivity index is 1.34. The van der Waals surface area contributed by atoms with E-state index in [9.17, 15) is 45.5 Å². The van der Waals surface area contributed by atoms with E-state index in [1.807, 2.05) is 0 Å². The number of rotatable bonds is 6. The Labute approximate surface area is 263 Å². The zero-order valence-electron chi connectivity index (χ0n) is 25.0. The fraction of sp³-hybridized carbons (Fsp3) is 0.400. The third-order valence-electron chi connectivity index (χ3n) is 8.43. The normalized spacial score (nSPS) is 22.2. The van der Waals surface area contributed by atoms with Crippen LogP contribution < -0.4 is 9.80 Å². The molecule has 5 rings (SSSR count). The van der Waals surface area contributed by atoms with Gasteiger partial charge in [0.15, 0.2) is 0 Å². The maximum atomic E-state index is 13.6. The molecule has 0 aromatic heterocycles. The van der Waals surface area contributed by atoms with Crippen molar-refractivity contribution in [1.82, 2.24) is 9.80 Å². The molecule has 3 aliphatic rings. The van der Waals surface area contributed by atoms with Gasteiger partial charge in [-0.25, -0.2) is 19.4 Å². The smallest absolute Gasteiger partial charge is 0.366 e. The van der Waals surface area contributed by atoms with Crippen LogP contribution in [0.5, 0.6) is 0 Å². The molecule has 6 amide bonds. The van der Waals surface area contributed by atoms with Gasteiger partial charge in [-0.2, -0.15) is 36.9 Å². The summed E-state index contributed by atoms with van der Waals surface area (Å²) in [5, 5.41) is 18.2. The van der Waals surface area contributed by atoms with E-state index in [0.29, 0.717) is 21.9 Å². The average Bonchev–Trinajstić information content (AvgIpc) is 3.67. The minimum absolute atomic E-state index is 0.230. The van der Waals surface area contributed by atoms with Crippen molar-refractivity contribution in [2.24, 2.45) is 0 Å². The van der Waals surface area contributed by atoms with Gasteiger partial charge in [-0.05, 0) is 64.1 Å². The quantitative estimate of drug-likeness (QED) is 0.240. The number of alkyl halides is 6. The number of carbonyl (C=O) groups is 4. The molecule has 47 heavy (non-hydrogen) atoms. The highest BCUT2D eigenvalue weighted by Crippen LogP contribution is 2.41. The summed E-state index contributed by atoms with van der Waals surface area (Å²) >= 11 is 0. The van der Waals surface area contributed by atoms with Crippen molar-refractivity contribution < 1.29 is 50.3 Å². The summed E-state index contributed by atoms with van der Waals surface area (Å²) in [5.41, 5.74) is -7.90. The Morgan fingerprint density at radius 3 is 1.32 bits per heavy atom. The number of amides is 6. The lowest BCUT2D eigenvalue weighted by Crippen LogP contribution is -2.48. The standard InChI is InChI=1S/C30H24F6N6O5/c1-27(2)23(43)41(17-7-5-15(11-37)19(9-17)29(31,32)33)25(45)39(27)13-21-22(47-21)14-40-26(46)42(24(44)28(40,3)4)18-8-6-16(12-38)20(10-18)30(34,35)36/h5-10,21-22H,13-14H2,1-4H3/t21-,22+. The first-order valence-electron chi connectivity index (χ1n) is 13.9. The van der Waals surface area contributed by atoms with Crippen molar-refractivity contribution in [3.8, 4) is 12.1 Å². The molecule has 0 bridgehead atoms. The number of hydrogen-bond donors (Lipinski definition) is 0. The highest BCUT2D eigenvalue weighted by Gasteiger charge is 2.58. The Hall–Kier alpha value is -5.16. The highest BCUT2D eigenvalue weighted by atomic mass is 19.4. The molecule has 0 radical (unpaired) electrons. The predicted molar refractivity (Wildman–Crippen MR) is 148 cm³/mol. The van der Waals surface area contributed by atoms with E-state index < -0.39 is 93.1 Å². The van der Waals surface area contributed by atoms with Crippen molar-refractivity contribution in [2.75, 3.05) is 22.9 Å². The van der Waals surface area contributed by atoms with Crippen LogP contribution >= 0.6 is 0 Å². The van der Waals surface area contributed by atoms with Gasteiger partial charge in [0.1, 0.15) is 23.3 Å². The Morgan fingerprint density at radius 1 is 0.681 bits per heavy atom. The fourth-order valence-corrected chi connectivity index (χ4v) is 5.61. The van der Waals surface area contributed by atoms with Crippen molar-refractivity contribution in [2.45, 2.75) is 63.3 Å². The zero-order chi connectivity index (χ0) is 35.0. The number of halogens is 6. The molecule has 0 saturated carbocycles. The number of hydrogen-bond acceptors (Lipinski definition) is 7. The number of anilines is 2. The molecule has 3 heterocycles. The maximum absolute atomic E-state index is 13.6. The number of nitrogens with zero attached hydrogens (tertiary/aromatic N) is 6. The largest absolute Gasteiger partial charge is 0.417 e. The van der Waals surface area contributed by atoms with Crippen LogP contribution in [-0.4, -0.2) is 70.1 Å². The molecule has 0 N–H and O–H groups in total. The molecule has 246 valence electrons. The third kappa shape index (κ3) is 5.40. The van der Waals surface area contributed by atoms with Gasteiger partial charge < -0.3 is 14.5 Å². The second-order valence-corrected chi connectivity index (χ2v) is 12.1. The molecular formula is C30H24F6N6O5. The molecule has 0 spiro atoms. The van der Waals surface area contributed by atoms with Crippen molar-refractivity contribution in [3.63, 3.8) is 0 Å². The van der Waals surface area contributed by atoms with Crippen LogP contribution in [0.2, 0.25) is 0 Å². The first-order valence-corrected chi connectivity index (χ1v) is 13.9. The van der Waals surface area contributed by atoms with E-state index in [1.54, 1.807) is 0 Å². The molecule has 2 atom stereocenters. The van der Waals surface area contributed by atoms with Gasteiger partial charge in [0, 0.05) is 0 Å². The Bertz CT molecular complexity index is 1680. The molecule has 3 aliphatic heterocycles. The summed E-state index contributed by atoms with van der Waals surface area (Å²) in [5.74, 6) is -1.68. The first-order chi connectivity index (χ1) is 21.7. The van der Waals surface area contributed by atoms with Crippen LogP contribution in [0.4, 0.5) is 47.3 Å². The van der Waals surface area contributed by atoms with E-state index in [1.165, 1.54) is 39.8 Å². The molecule has 11 nitrogen and oxygen atoms in total. The second kappa shape index (κ2) is 10.7. The van der Waals surface area contributed by atoms with Crippen molar-refractivity contribution >= 4 is 35.3 Å². The molecule has 2 aromatic carbocycles. The van der Waals surface area contributed by atoms with Crippen LogP contribution in [-0.2, 0) is 26.7 Å². The lowest BCUT2D eigenvalue weighted by molar-refractivity contribution is -0.138. The van der Waals surface area contributed by atoms with Crippen LogP contribution in [0.3, 0.4) is 0 Å². The summed E-state index contributed by atoms with van der Waals surface area (Å²) in [7, 11) is 0. The zero-order valence-corrected chi connectivity index (χ0v) is 25.0. The summed E-state index contributed by atoms with van der Waals surface area (Å²) in [6, 6.07) is 5.85. The number of ether oxygens (including phenoxy) is 1. The van der Waals surface area contributed by atoms with Gasteiger partial charge in [0.05, 0.1) is 58.9 Å². The summed E-state index contributed by atoms with van der Waals surface area (Å²) < 4.78 is 87.0. The minimum atomic E-state index is -4.93. The van der Waals surface area contributed by atoms with E-state index in [0.717, 1.165) is 34.1 Å². The van der Waals surface area contributed by atoms with Crippen LogP contribution in [0.1, 0.15) is 49.9 Å². The van der Waals surface area contributed by atoms with Crippen molar-refractivity contribution in [1.29, 1.82) is 10.5 Å². The van der Waals surface area contributed by atoms with Crippen molar-refractivity contribution in [3.05, 3.63) is 58.7 Å². The first kappa shape index (κ1) is 33.2. The second-order valence-electron chi connectivity index (χ2n) is 12.1. The fourth-order valence-electron chi connectivity index (χ4n) is 5.61. The predicted octanol–water partition coefficient (Wildman–Crippen LogP) is 5.03. The minimum Gasteiger partial charge on any atom is -0.366 e. The third-order valence-corrected chi connectivity index (χ3v) is 8.43. The van der Waals surface area contributed by atoms with Gasteiger partial charge in [-0.1, -0.05) is 0 Å². The molecular weight excluding hydrogens is 638 g/mol. The number of urea groups is 2. The van der Waals surface area contributed by atoms with Crippen LogP contribution in [0, 0.1) is 22.7 Å². The summed E-state index contributed by atoms with van der Waals surface area (Å²) in [6.45, 7) is 5.08. The molecule has 3 fully saturated rings. The highest BCUT2D eigenvalue weighted by molar-refractivity contribution is 6.23. The number of benzene rings is 2. The number of carbonyl (C=O) groups excluding carboxylic acids is 4. The van der Waals surface area contributed by atoms with Crippen LogP contribution in [0.25, 0.3) is 0 Å².